The molecule has 35 heavy (non-hydrogen) atoms. The van der Waals surface area contributed by atoms with Crippen molar-refractivity contribution in [2.24, 2.45) is 0 Å². The summed E-state index contributed by atoms with van der Waals surface area (Å²) in [6, 6.07) is 13.6. The minimum absolute atomic E-state index is 0.00881. The van der Waals surface area contributed by atoms with Crippen molar-refractivity contribution >= 4 is 27.6 Å². The van der Waals surface area contributed by atoms with Crippen LogP contribution >= 0.6 is 0 Å². The first-order valence-corrected chi connectivity index (χ1v) is 12.4. The summed E-state index contributed by atoms with van der Waals surface area (Å²) in [5, 5.41) is 2.58. The van der Waals surface area contributed by atoms with Crippen LogP contribution in [-0.2, 0) is 21.5 Å². The lowest BCUT2D eigenvalue weighted by molar-refractivity contribution is -0.114. The van der Waals surface area contributed by atoms with Crippen molar-refractivity contribution < 1.29 is 31.3 Å². The highest BCUT2D eigenvalue weighted by Crippen LogP contribution is 2.32. The van der Waals surface area contributed by atoms with E-state index in [0.29, 0.717) is 11.3 Å². The first-order chi connectivity index (χ1) is 16.6. The van der Waals surface area contributed by atoms with Gasteiger partial charge in [0.15, 0.2) is 17.3 Å². The summed E-state index contributed by atoms with van der Waals surface area (Å²) in [5.41, 5.74) is 1.11. The number of nitrogens with one attached hydrogen (secondary N) is 1. The largest absolute Gasteiger partial charge is 0.493 e. The number of benzene rings is 2. The van der Waals surface area contributed by atoms with Crippen LogP contribution in [0.1, 0.15) is 43.3 Å². The van der Waals surface area contributed by atoms with Crippen LogP contribution in [0.3, 0.4) is 0 Å². The highest BCUT2D eigenvalue weighted by atomic mass is 32.2. The Bertz CT molecular complexity index is 1270. The van der Waals surface area contributed by atoms with E-state index in [1.807, 2.05) is 13.8 Å². The van der Waals surface area contributed by atoms with Crippen molar-refractivity contribution in [2.75, 3.05) is 12.4 Å². The van der Waals surface area contributed by atoms with Crippen molar-refractivity contribution in [3.8, 4) is 11.5 Å². The fraction of sp³-hybridized carbons (Fsp3) is 0.280. The van der Waals surface area contributed by atoms with Gasteiger partial charge in [0, 0.05) is 25.2 Å². The summed E-state index contributed by atoms with van der Waals surface area (Å²) < 4.78 is 41.8. The molecule has 0 fully saturated rings. The van der Waals surface area contributed by atoms with E-state index < -0.39 is 10.1 Å². The van der Waals surface area contributed by atoms with Crippen LogP contribution in [0, 0.1) is 0 Å². The third-order valence-electron chi connectivity index (χ3n) is 5.36. The second-order valence-corrected chi connectivity index (χ2v) is 9.44. The van der Waals surface area contributed by atoms with Crippen LogP contribution in [0.4, 0.5) is 5.69 Å². The number of carbonyl (C=O) groups excluding carboxylic acids is 2. The molecule has 10 heteroatoms. The summed E-state index contributed by atoms with van der Waals surface area (Å²) in [5.74, 6) is -0.101. The molecule has 0 spiro atoms. The quantitative estimate of drug-likeness (QED) is 0.409. The van der Waals surface area contributed by atoms with Crippen molar-refractivity contribution in [1.29, 1.82) is 0 Å². The molecule has 0 saturated carbocycles. The van der Waals surface area contributed by atoms with E-state index >= 15 is 0 Å². The Balaban J connectivity index is 1.87. The molecule has 0 aliphatic heterocycles. The van der Waals surface area contributed by atoms with Gasteiger partial charge in [-0.3, -0.25) is 9.59 Å². The molecule has 1 N–H and O–H groups in total. The van der Waals surface area contributed by atoms with Crippen LogP contribution in [-0.4, -0.2) is 38.3 Å². The van der Waals surface area contributed by atoms with Gasteiger partial charge in [-0.2, -0.15) is 8.42 Å². The topological polar surface area (TPSA) is 115 Å². The molecule has 0 unspecified atom stereocenters. The van der Waals surface area contributed by atoms with Crippen molar-refractivity contribution in [1.82, 2.24) is 4.90 Å². The first-order valence-electron chi connectivity index (χ1n) is 11.0. The number of furan rings is 1. The van der Waals surface area contributed by atoms with E-state index in [2.05, 4.69) is 5.32 Å². The molecule has 1 aromatic heterocycles. The van der Waals surface area contributed by atoms with Gasteiger partial charge in [0.2, 0.25) is 5.91 Å². The third kappa shape index (κ3) is 6.42. The Morgan fingerprint density at radius 1 is 1.09 bits per heavy atom. The molecule has 3 rings (SSSR count). The van der Waals surface area contributed by atoms with Gasteiger partial charge < -0.3 is 23.6 Å². The van der Waals surface area contributed by atoms with Gasteiger partial charge in [-0.1, -0.05) is 13.0 Å². The number of amides is 2. The number of anilines is 1. The van der Waals surface area contributed by atoms with Crippen LogP contribution in [0.25, 0.3) is 0 Å². The Labute approximate surface area is 204 Å². The summed E-state index contributed by atoms with van der Waals surface area (Å²) in [6.45, 7) is 5.47. The number of hydrogen-bond donors (Lipinski definition) is 1. The molecule has 2 amide bonds. The third-order valence-corrected chi connectivity index (χ3v) is 6.61. The normalized spacial score (nSPS) is 12.0. The summed E-state index contributed by atoms with van der Waals surface area (Å²) in [4.78, 5) is 25.7. The molecule has 0 saturated heterocycles. The Kier molecular flexibility index (Phi) is 8.18. The van der Waals surface area contributed by atoms with E-state index in [0.717, 1.165) is 6.42 Å². The molecule has 0 aliphatic rings. The molecule has 186 valence electrons. The monoisotopic (exact) mass is 500 g/mol. The number of methoxy groups -OCH3 is 1. The lowest BCUT2D eigenvalue weighted by Crippen LogP contribution is -2.37. The highest BCUT2D eigenvalue weighted by molar-refractivity contribution is 7.87. The lowest BCUT2D eigenvalue weighted by atomic mass is 10.1. The SMILES string of the molecule is CC[C@H](C)N(Cc1ccc(OC)c(OS(=O)(=O)c2ccc(NC(C)=O)cc2)c1)C(=O)c1ccco1. The molecule has 0 radical (unpaired) electrons. The fourth-order valence-corrected chi connectivity index (χ4v) is 4.28. The first kappa shape index (κ1) is 25.8. The average molecular weight is 501 g/mol. The number of rotatable bonds is 10. The molecule has 1 heterocycles. The van der Waals surface area contributed by atoms with E-state index in [1.165, 1.54) is 50.6 Å². The minimum Gasteiger partial charge on any atom is -0.493 e. The molecular formula is C25H28N2O7S. The van der Waals surface area contributed by atoms with Crippen molar-refractivity contribution in [3.05, 3.63) is 72.2 Å². The van der Waals surface area contributed by atoms with Gasteiger partial charge >= 0.3 is 10.1 Å². The minimum atomic E-state index is -4.20. The van der Waals surface area contributed by atoms with Gasteiger partial charge in [-0.15, -0.1) is 0 Å². The zero-order valence-electron chi connectivity index (χ0n) is 20.0. The molecular weight excluding hydrogens is 472 g/mol. The molecule has 3 aromatic rings. The van der Waals surface area contributed by atoms with Crippen LogP contribution in [0.5, 0.6) is 11.5 Å². The van der Waals surface area contributed by atoms with Crippen LogP contribution in [0.15, 0.2) is 70.2 Å². The Morgan fingerprint density at radius 2 is 1.80 bits per heavy atom. The predicted octanol–water partition coefficient (Wildman–Crippen LogP) is 4.46. The molecule has 1 atom stereocenters. The molecule has 0 aliphatic carbocycles. The highest BCUT2D eigenvalue weighted by Gasteiger charge is 2.24. The second kappa shape index (κ2) is 11.1. The van der Waals surface area contributed by atoms with Gasteiger partial charge in [-0.25, -0.2) is 0 Å². The molecule has 2 aromatic carbocycles. The number of ether oxygens (including phenoxy) is 1. The number of hydrogen-bond acceptors (Lipinski definition) is 7. The lowest BCUT2D eigenvalue weighted by Gasteiger charge is -2.28. The van der Waals surface area contributed by atoms with Gasteiger partial charge in [0.1, 0.15) is 4.90 Å². The van der Waals surface area contributed by atoms with Crippen LogP contribution < -0.4 is 14.2 Å². The fourth-order valence-electron chi connectivity index (χ4n) is 3.35. The zero-order valence-corrected chi connectivity index (χ0v) is 20.8. The zero-order chi connectivity index (χ0) is 25.6. The second-order valence-electron chi connectivity index (χ2n) is 7.90. The van der Waals surface area contributed by atoms with E-state index in [9.17, 15) is 18.0 Å². The van der Waals surface area contributed by atoms with Gasteiger partial charge in [0.25, 0.3) is 5.91 Å². The van der Waals surface area contributed by atoms with Crippen molar-refractivity contribution in [3.63, 3.8) is 0 Å². The summed E-state index contributed by atoms with van der Waals surface area (Å²) >= 11 is 0. The van der Waals surface area contributed by atoms with E-state index in [-0.39, 0.29) is 46.6 Å². The molecule has 9 nitrogen and oxygen atoms in total. The maximum Gasteiger partial charge on any atom is 0.339 e. The smallest absolute Gasteiger partial charge is 0.339 e. The predicted molar refractivity (Wildman–Crippen MR) is 130 cm³/mol. The maximum atomic E-state index is 13.0. The number of carbonyl (C=O) groups is 2. The van der Waals surface area contributed by atoms with Gasteiger partial charge in [-0.05, 0) is 67.4 Å². The average Bonchev–Trinajstić information content (AvgIpc) is 3.36. The maximum absolute atomic E-state index is 13.0. The van der Waals surface area contributed by atoms with E-state index in [4.69, 9.17) is 13.3 Å². The Morgan fingerprint density at radius 3 is 2.37 bits per heavy atom. The number of nitrogens with zero attached hydrogens (tertiary/aromatic N) is 1. The summed E-state index contributed by atoms with van der Waals surface area (Å²) in [7, 11) is -2.79. The van der Waals surface area contributed by atoms with E-state index in [1.54, 1.807) is 29.2 Å². The summed E-state index contributed by atoms with van der Waals surface area (Å²) in [6.07, 6.45) is 2.16. The Hall–Kier alpha value is -3.79. The van der Waals surface area contributed by atoms with Crippen LogP contribution in [0.2, 0.25) is 0 Å². The van der Waals surface area contributed by atoms with Crippen molar-refractivity contribution in [2.45, 2.75) is 44.7 Å². The standard InChI is InChI=1S/C25H28N2O7S/c1-5-17(2)27(25(29)23-7-6-14-33-23)16-19-8-13-22(32-4)24(15-19)34-35(30,31)21-11-9-20(10-12-21)26-18(3)28/h6-15,17H,5,16H2,1-4H3,(H,26,28)/t17-/m0/s1. The van der Waals surface area contributed by atoms with Gasteiger partial charge in [0.05, 0.1) is 13.4 Å². The molecule has 0 bridgehead atoms.